The molecule has 0 aliphatic carbocycles. The van der Waals surface area contributed by atoms with Gasteiger partial charge in [-0.15, -0.1) is 0 Å². The molecule has 6 nitrogen and oxygen atoms in total. The zero-order valence-electron chi connectivity index (χ0n) is 10.3. The highest BCUT2D eigenvalue weighted by Crippen LogP contribution is 2.19. The van der Waals surface area contributed by atoms with Crippen molar-refractivity contribution in [2.45, 2.75) is 13.0 Å². The Morgan fingerprint density at radius 1 is 1.61 bits per heavy atom. The molecule has 4 N–H and O–H groups in total. The Labute approximate surface area is 104 Å². The molecule has 0 aliphatic rings. The van der Waals surface area contributed by atoms with Crippen molar-refractivity contribution < 1.29 is 9.90 Å². The van der Waals surface area contributed by atoms with Crippen LogP contribution in [0.1, 0.15) is 5.82 Å². The van der Waals surface area contributed by atoms with E-state index in [1.54, 1.807) is 0 Å². The maximum absolute atomic E-state index is 10.7. The first kappa shape index (κ1) is 12.4. The molecule has 0 radical (unpaired) electrons. The average molecular weight is 248 g/mol. The summed E-state index contributed by atoms with van der Waals surface area (Å²) in [5, 5.41) is 8.79. The predicted octanol–water partition coefficient (Wildman–Crippen LogP) is 0.719. The zero-order chi connectivity index (χ0) is 13.3. The molecule has 0 saturated heterocycles. The molecule has 0 saturated carbocycles. The average Bonchev–Trinajstić information content (AvgIpc) is 2.67. The van der Waals surface area contributed by atoms with Crippen molar-refractivity contribution in [3.8, 4) is 0 Å². The number of aromatic amines is 1. The molecule has 18 heavy (non-hydrogen) atoms. The van der Waals surface area contributed by atoms with Crippen molar-refractivity contribution in [2.75, 3.05) is 18.5 Å². The van der Waals surface area contributed by atoms with Crippen LogP contribution >= 0.6 is 0 Å². The molecule has 0 fully saturated rings. The highest BCUT2D eigenvalue weighted by molar-refractivity contribution is 5.80. The summed E-state index contributed by atoms with van der Waals surface area (Å²) < 4.78 is 0. The summed E-state index contributed by atoms with van der Waals surface area (Å²) in [4.78, 5) is 20.0. The maximum Gasteiger partial charge on any atom is 0.322 e. The highest BCUT2D eigenvalue weighted by Gasteiger charge is 2.14. The molecule has 1 unspecified atom stereocenters. The minimum atomic E-state index is -1.000. The van der Waals surface area contributed by atoms with Crippen LogP contribution in [0.2, 0.25) is 0 Å². The number of carboxylic acid groups (broad SMARTS) is 1. The zero-order valence-corrected chi connectivity index (χ0v) is 10.3. The van der Waals surface area contributed by atoms with Gasteiger partial charge in [-0.2, -0.15) is 0 Å². The fourth-order valence-electron chi connectivity index (χ4n) is 1.84. The number of nitrogens with one attached hydrogen (secondary N) is 1. The minimum Gasteiger partial charge on any atom is -0.480 e. The second-order valence-corrected chi connectivity index (χ2v) is 4.35. The van der Waals surface area contributed by atoms with Gasteiger partial charge in [0.2, 0.25) is 0 Å². The summed E-state index contributed by atoms with van der Waals surface area (Å²) in [6.07, 6.45) is 0. The van der Waals surface area contributed by atoms with Crippen molar-refractivity contribution in [3.05, 3.63) is 24.0 Å². The van der Waals surface area contributed by atoms with Crippen LogP contribution in [0, 0.1) is 6.92 Å². The van der Waals surface area contributed by atoms with Gasteiger partial charge >= 0.3 is 5.97 Å². The number of likely N-dealkylation sites (N-methyl/N-ethyl adjacent to an activating group) is 1. The summed E-state index contributed by atoms with van der Waals surface area (Å²) in [7, 11) is 1.81. The van der Waals surface area contributed by atoms with E-state index in [0.717, 1.165) is 22.5 Å². The van der Waals surface area contributed by atoms with Gasteiger partial charge in [-0.1, -0.05) is 0 Å². The smallest absolute Gasteiger partial charge is 0.322 e. The third-order valence-corrected chi connectivity index (χ3v) is 2.81. The van der Waals surface area contributed by atoms with E-state index in [4.69, 9.17) is 10.8 Å². The Bertz CT molecular complexity index is 578. The second kappa shape index (κ2) is 4.66. The molecule has 0 aliphatic heterocycles. The van der Waals surface area contributed by atoms with E-state index in [1.165, 1.54) is 0 Å². The summed E-state index contributed by atoms with van der Waals surface area (Å²) >= 11 is 0. The van der Waals surface area contributed by atoms with Crippen molar-refractivity contribution in [1.29, 1.82) is 0 Å². The number of hydrogen-bond acceptors (Lipinski definition) is 4. The Kier molecular flexibility index (Phi) is 3.20. The fourth-order valence-corrected chi connectivity index (χ4v) is 1.84. The molecular formula is C12H16N4O2. The Hall–Kier alpha value is -2.08. The monoisotopic (exact) mass is 248 g/mol. The number of aromatic nitrogens is 2. The largest absolute Gasteiger partial charge is 0.480 e. The van der Waals surface area contributed by atoms with Crippen LogP contribution in [0.15, 0.2) is 18.2 Å². The van der Waals surface area contributed by atoms with Crippen molar-refractivity contribution in [3.63, 3.8) is 0 Å². The Morgan fingerprint density at radius 3 is 3.00 bits per heavy atom. The standard InChI is InChI=1S/C12H16N4O2/c1-7-14-10-4-3-8(5-11(10)15-7)16(2)6-9(13)12(17)18/h3-5,9H,6,13H2,1-2H3,(H,14,15)(H,17,18). The lowest BCUT2D eigenvalue weighted by molar-refractivity contribution is -0.138. The number of hydrogen-bond donors (Lipinski definition) is 3. The third kappa shape index (κ3) is 2.43. The predicted molar refractivity (Wildman–Crippen MR) is 69.7 cm³/mol. The summed E-state index contributed by atoms with van der Waals surface area (Å²) in [6, 6.07) is 4.84. The maximum atomic E-state index is 10.7. The molecule has 96 valence electrons. The van der Waals surface area contributed by atoms with Gasteiger partial charge in [-0.25, -0.2) is 4.98 Å². The summed E-state index contributed by atoms with van der Waals surface area (Å²) in [5.74, 6) is -0.146. The van der Waals surface area contributed by atoms with Gasteiger partial charge in [0, 0.05) is 19.3 Å². The number of imidazole rings is 1. The molecular weight excluding hydrogens is 232 g/mol. The van der Waals surface area contributed by atoms with E-state index in [-0.39, 0.29) is 6.54 Å². The summed E-state index contributed by atoms with van der Waals surface area (Å²) in [5.41, 5.74) is 8.24. The molecule has 0 bridgehead atoms. The first-order chi connectivity index (χ1) is 8.47. The van der Waals surface area contributed by atoms with Crippen molar-refractivity contribution >= 4 is 22.7 Å². The molecule has 1 aromatic carbocycles. The first-order valence-corrected chi connectivity index (χ1v) is 5.63. The van der Waals surface area contributed by atoms with Gasteiger partial charge in [-0.3, -0.25) is 4.79 Å². The number of aryl methyl sites for hydroxylation is 1. The van der Waals surface area contributed by atoms with E-state index < -0.39 is 12.0 Å². The molecule has 0 spiro atoms. The number of nitrogens with two attached hydrogens (primary N) is 1. The van der Waals surface area contributed by atoms with Gasteiger partial charge in [0.15, 0.2) is 0 Å². The van der Waals surface area contributed by atoms with Crippen LogP contribution in [0.5, 0.6) is 0 Å². The number of carboxylic acids is 1. The van der Waals surface area contributed by atoms with Crippen molar-refractivity contribution in [1.82, 2.24) is 9.97 Å². The van der Waals surface area contributed by atoms with Gasteiger partial charge in [0.1, 0.15) is 11.9 Å². The number of nitrogens with zero attached hydrogens (tertiary/aromatic N) is 2. The highest BCUT2D eigenvalue weighted by atomic mass is 16.4. The quantitative estimate of drug-likeness (QED) is 0.741. The van der Waals surface area contributed by atoms with Crippen LogP contribution in [-0.2, 0) is 4.79 Å². The Morgan fingerprint density at radius 2 is 2.33 bits per heavy atom. The van der Waals surface area contributed by atoms with Crippen LogP contribution < -0.4 is 10.6 Å². The number of anilines is 1. The third-order valence-electron chi connectivity index (χ3n) is 2.81. The topological polar surface area (TPSA) is 95.2 Å². The second-order valence-electron chi connectivity index (χ2n) is 4.35. The first-order valence-electron chi connectivity index (χ1n) is 5.63. The lowest BCUT2D eigenvalue weighted by Crippen LogP contribution is -2.41. The number of H-pyrrole nitrogens is 1. The fraction of sp³-hybridized carbons (Fsp3) is 0.333. The van der Waals surface area contributed by atoms with E-state index >= 15 is 0 Å². The minimum absolute atomic E-state index is 0.258. The normalized spacial score (nSPS) is 12.6. The van der Waals surface area contributed by atoms with E-state index in [9.17, 15) is 4.79 Å². The molecule has 2 aromatic rings. The van der Waals surface area contributed by atoms with E-state index in [0.29, 0.717) is 0 Å². The van der Waals surface area contributed by atoms with Crippen molar-refractivity contribution in [2.24, 2.45) is 5.73 Å². The number of benzene rings is 1. The lowest BCUT2D eigenvalue weighted by Gasteiger charge is -2.21. The number of fused-ring (bicyclic) bond motifs is 1. The molecule has 1 aromatic heterocycles. The van der Waals surface area contributed by atoms with Crippen LogP contribution in [-0.4, -0.2) is 40.7 Å². The van der Waals surface area contributed by atoms with Crippen LogP contribution in [0.3, 0.4) is 0 Å². The van der Waals surface area contributed by atoms with E-state index in [2.05, 4.69) is 9.97 Å². The molecule has 0 amide bonds. The van der Waals surface area contributed by atoms with Crippen LogP contribution in [0.25, 0.3) is 11.0 Å². The number of aliphatic carboxylic acids is 1. The molecule has 2 rings (SSSR count). The lowest BCUT2D eigenvalue weighted by atomic mass is 10.2. The number of rotatable bonds is 4. The van der Waals surface area contributed by atoms with Gasteiger partial charge in [-0.05, 0) is 25.1 Å². The SMILES string of the molecule is Cc1nc2ccc(N(C)CC(N)C(=O)O)cc2[nH]1. The van der Waals surface area contributed by atoms with E-state index in [1.807, 2.05) is 37.1 Å². The van der Waals surface area contributed by atoms with Gasteiger partial charge in [0.25, 0.3) is 0 Å². The molecule has 1 heterocycles. The van der Waals surface area contributed by atoms with Crippen LogP contribution in [0.4, 0.5) is 5.69 Å². The summed E-state index contributed by atoms with van der Waals surface area (Å²) in [6.45, 7) is 2.15. The number of carbonyl (C=O) groups is 1. The van der Waals surface area contributed by atoms with Gasteiger partial charge < -0.3 is 20.7 Å². The Balaban J connectivity index is 2.22. The molecule has 1 atom stereocenters. The molecule has 6 heteroatoms. The van der Waals surface area contributed by atoms with Gasteiger partial charge in [0.05, 0.1) is 11.0 Å².